The highest BCUT2D eigenvalue weighted by molar-refractivity contribution is 5.18. The average Bonchev–Trinajstić information content (AvgIpc) is 1.88. The zero-order valence-corrected chi connectivity index (χ0v) is 6.06. The van der Waals surface area contributed by atoms with Crippen LogP contribution in [0, 0.1) is 5.92 Å². The normalized spacial score (nSPS) is 27.2. The summed E-state index contributed by atoms with van der Waals surface area (Å²) in [6.07, 6.45) is 8.26. The van der Waals surface area contributed by atoms with Crippen LogP contribution >= 0.6 is 0 Å². The first-order valence-corrected chi connectivity index (χ1v) is 3.66. The SMILES string of the molecule is C=CC1=C[C@H](C)CCC1. The predicted octanol–water partition coefficient (Wildman–Crippen LogP) is 2.92. The van der Waals surface area contributed by atoms with E-state index in [4.69, 9.17) is 0 Å². The largest absolute Gasteiger partial charge is 0.0988 e. The maximum atomic E-state index is 3.75. The van der Waals surface area contributed by atoms with Gasteiger partial charge in [0.05, 0.1) is 0 Å². The Morgan fingerprint density at radius 2 is 2.56 bits per heavy atom. The van der Waals surface area contributed by atoms with Crippen molar-refractivity contribution >= 4 is 0 Å². The van der Waals surface area contributed by atoms with E-state index in [1.165, 1.54) is 24.8 Å². The van der Waals surface area contributed by atoms with E-state index in [2.05, 4.69) is 19.6 Å². The molecule has 0 aromatic carbocycles. The van der Waals surface area contributed by atoms with Gasteiger partial charge in [-0.25, -0.2) is 0 Å². The summed E-state index contributed by atoms with van der Waals surface area (Å²) in [7, 11) is 0. The molecule has 0 unspecified atom stereocenters. The molecule has 0 nitrogen and oxygen atoms in total. The Bertz CT molecular complexity index is 131. The molecule has 0 bridgehead atoms. The summed E-state index contributed by atoms with van der Waals surface area (Å²) >= 11 is 0. The van der Waals surface area contributed by atoms with Crippen molar-refractivity contribution in [2.45, 2.75) is 26.2 Å². The lowest BCUT2D eigenvalue weighted by Crippen LogP contribution is -1.98. The maximum Gasteiger partial charge on any atom is -0.0256 e. The molecule has 0 heterocycles. The highest BCUT2D eigenvalue weighted by Gasteiger charge is 2.05. The van der Waals surface area contributed by atoms with Gasteiger partial charge in [0.1, 0.15) is 0 Å². The number of hydrogen-bond donors (Lipinski definition) is 0. The molecule has 0 aromatic rings. The lowest BCUT2D eigenvalue weighted by Gasteiger charge is -2.14. The second kappa shape index (κ2) is 2.86. The van der Waals surface area contributed by atoms with Crippen LogP contribution in [0.15, 0.2) is 24.3 Å². The molecule has 0 N–H and O–H groups in total. The van der Waals surface area contributed by atoms with Gasteiger partial charge in [0.2, 0.25) is 0 Å². The number of allylic oxidation sites excluding steroid dienone is 3. The molecule has 0 radical (unpaired) electrons. The third kappa shape index (κ3) is 1.70. The van der Waals surface area contributed by atoms with Gasteiger partial charge in [0, 0.05) is 0 Å². The summed E-state index contributed by atoms with van der Waals surface area (Å²) in [4.78, 5) is 0. The second-order valence-electron chi connectivity index (χ2n) is 2.82. The quantitative estimate of drug-likeness (QED) is 0.501. The van der Waals surface area contributed by atoms with E-state index in [1.807, 2.05) is 6.08 Å². The summed E-state index contributed by atoms with van der Waals surface area (Å²) in [5.74, 6) is 0.784. The molecule has 0 fully saturated rings. The lowest BCUT2D eigenvalue weighted by molar-refractivity contribution is 0.574. The third-order valence-electron chi connectivity index (χ3n) is 1.89. The monoisotopic (exact) mass is 122 g/mol. The third-order valence-corrected chi connectivity index (χ3v) is 1.89. The predicted molar refractivity (Wildman–Crippen MR) is 41.3 cm³/mol. The van der Waals surface area contributed by atoms with Crippen molar-refractivity contribution < 1.29 is 0 Å². The molecule has 0 aliphatic heterocycles. The van der Waals surface area contributed by atoms with Crippen molar-refractivity contribution in [3.8, 4) is 0 Å². The van der Waals surface area contributed by atoms with E-state index in [0.717, 1.165) is 5.92 Å². The molecule has 0 saturated heterocycles. The van der Waals surface area contributed by atoms with Crippen LogP contribution in [0.4, 0.5) is 0 Å². The van der Waals surface area contributed by atoms with Crippen molar-refractivity contribution in [2.75, 3.05) is 0 Å². The number of rotatable bonds is 1. The molecule has 9 heavy (non-hydrogen) atoms. The van der Waals surface area contributed by atoms with Crippen LogP contribution < -0.4 is 0 Å². The van der Waals surface area contributed by atoms with Crippen molar-refractivity contribution in [2.24, 2.45) is 5.92 Å². The fourth-order valence-electron chi connectivity index (χ4n) is 1.33. The minimum Gasteiger partial charge on any atom is -0.0988 e. The zero-order valence-electron chi connectivity index (χ0n) is 6.06. The van der Waals surface area contributed by atoms with Gasteiger partial charge in [-0.3, -0.25) is 0 Å². The fourth-order valence-corrected chi connectivity index (χ4v) is 1.33. The van der Waals surface area contributed by atoms with Gasteiger partial charge in [0.15, 0.2) is 0 Å². The van der Waals surface area contributed by atoms with Crippen LogP contribution in [0.1, 0.15) is 26.2 Å². The minimum absolute atomic E-state index is 0.784. The maximum absolute atomic E-state index is 3.75. The molecule has 0 aromatic heterocycles. The molecule has 0 heteroatoms. The van der Waals surface area contributed by atoms with Gasteiger partial charge in [-0.05, 0) is 25.2 Å². The van der Waals surface area contributed by atoms with E-state index in [1.54, 1.807) is 0 Å². The summed E-state index contributed by atoms with van der Waals surface area (Å²) < 4.78 is 0. The molecular formula is C9H14. The molecule has 1 rings (SSSR count). The molecule has 1 aliphatic rings. The zero-order chi connectivity index (χ0) is 6.69. The van der Waals surface area contributed by atoms with Gasteiger partial charge < -0.3 is 0 Å². The van der Waals surface area contributed by atoms with Crippen molar-refractivity contribution in [3.63, 3.8) is 0 Å². The fraction of sp³-hybridized carbons (Fsp3) is 0.556. The van der Waals surface area contributed by atoms with E-state index < -0.39 is 0 Å². The first kappa shape index (κ1) is 6.60. The molecule has 1 atom stereocenters. The Hall–Kier alpha value is -0.520. The van der Waals surface area contributed by atoms with Gasteiger partial charge >= 0.3 is 0 Å². The van der Waals surface area contributed by atoms with Crippen LogP contribution in [0.25, 0.3) is 0 Å². The van der Waals surface area contributed by atoms with Gasteiger partial charge in [-0.1, -0.05) is 31.2 Å². The average molecular weight is 122 g/mol. The van der Waals surface area contributed by atoms with Crippen LogP contribution in [-0.2, 0) is 0 Å². The van der Waals surface area contributed by atoms with Gasteiger partial charge in [0.25, 0.3) is 0 Å². The number of hydrogen-bond acceptors (Lipinski definition) is 0. The topological polar surface area (TPSA) is 0 Å². The Morgan fingerprint density at radius 3 is 3.00 bits per heavy atom. The Kier molecular flexibility index (Phi) is 2.10. The van der Waals surface area contributed by atoms with Crippen LogP contribution in [0.5, 0.6) is 0 Å². The second-order valence-corrected chi connectivity index (χ2v) is 2.82. The van der Waals surface area contributed by atoms with Gasteiger partial charge in [-0.2, -0.15) is 0 Å². The highest BCUT2D eigenvalue weighted by Crippen LogP contribution is 2.22. The Labute approximate surface area is 57.3 Å². The first-order chi connectivity index (χ1) is 4.33. The molecule has 0 spiro atoms. The van der Waals surface area contributed by atoms with Crippen LogP contribution in [-0.4, -0.2) is 0 Å². The van der Waals surface area contributed by atoms with Gasteiger partial charge in [-0.15, -0.1) is 0 Å². The summed E-state index contributed by atoms with van der Waals surface area (Å²) in [6.45, 7) is 6.02. The molecule has 0 amide bonds. The van der Waals surface area contributed by atoms with E-state index in [9.17, 15) is 0 Å². The van der Waals surface area contributed by atoms with Crippen molar-refractivity contribution in [3.05, 3.63) is 24.3 Å². The molecule has 50 valence electrons. The van der Waals surface area contributed by atoms with Crippen molar-refractivity contribution in [1.82, 2.24) is 0 Å². The lowest BCUT2D eigenvalue weighted by atomic mass is 9.92. The first-order valence-electron chi connectivity index (χ1n) is 3.66. The van der Waals surface area contributed by atoms with Crippen LogP contribution in [0.3, 0.4) is 0 Å². The van der Waals surface area contributed by atoms with E-state index >= 15 is 0 Å². The van der Waals surface area contributed by atoms with E-state index in [0.29, 0.717) is 0 Å². The minimum atomic E-state index is 0.784. The van der Waals surface area contributed by atoms with Crippen molar-refractivity contribution in [1.29, 1.82) is 0 Å². The Balaban J connectivity index is 2.59. The highest BCUT2D eigenvalue weighted by atomic mass is 14.1. The van der Waals surface area contributed by atoms with Crippen LogP contribution in [0.2, 0.25) is 0 Å². The van der Waals surface area contributed by atoms with E-state index in [-0.39, 0.29) is 0 Å². The molecule has 1 aliphatic carbocycles. The standard InChI is InChI=1S/C9H14/c1-3-9-6-4-5-8(2)7-9/h3,7-8H,1,4-6H2,2H3/t8-/m1/s1. The summed E-state index contributed by atoms with van der Waals surface area (Å²) in [5.41, 5.74) is 1.44. The molecule has 0 saturated carbocycles. The summed E-state index contributed by atoms with van der Waals surface area (Å²) in [6, 6.07) is 0. The Morgan fingerprint density at radius 1 is 1.78 bits per heavy atom. The molecular weight excluding hydrogens is 108 g/mol. The summed E-state index contributed by atoms with van der Waals surface area (Å²) in [5, 5.41) is 0. The smallest absolute Gasteiger partial charge is 0.0256 e.